The van der Waals surface area contributed by atoms with Crippen LogP contribution in [0.2, 0.25) is 0 Å². The molecule has 3 rings (SSSR count). The molecule has 0 aliphatic carbocycles. The van der Waals surface area contributed by atoms with Crippen LogP contribution in [0.1, 0.15) is 0 Å². The summed E-state index contributed by atoms with van der Waals surface area (Å²) in [5.41, 5.74) is 0.731. The van der Waals surface area contributed by atoms with Gasteiger partial charge in [0.2, 0.25) is 5.91 Å². The summed E-state index contributed by atoms with van der Waals surface area (Å²) in [7, 11) is 1.58. The van der Waals surface area contributed by atoms with Crippen LogP contribution in [0.15, 0.2) is 64.3 Å². The van der Waals surface area contributed by atoms with E-state index in [1.165, 1.54) is 23.0 Å². The van der Waals surface area contributed by atoms with E-state index in [0.29, 0.717) is 11.4 Å². The number of carbonyl (C=O) groups is 1. The van der Waals surface area contributed by atoms with Crippen LogP contribution < -0.4 is 21.2 Å². The van der Waals surface area contributed by atoms with Gasteiger partial charge in [-0.1, -0.05) is 0 Å². The molecular weight excluding hydrogens is 362 g/mol. The minimum absolute atomic E-state index is 0.211. The summed E-state index contributed by atoms with van der Waals surface area (Å²) in [5, 5.41) is 10.8. The zero-order valence-corrected chi connectivity index (χ0v) is 15.2. The molecule has 0 aliphatic heterocycles. The average Bonchev–Trinajstić information content (AvgIpc) is 2.71. The van der Waals surface area contributed by atoms with E-state index in [0.717, 1.165) is 10.2 Å². The molecule has 9 heteroatoms. The first kappa shape index (κ1) is 19.0. The van der Waals surface area contributed by atoms with Crippen LogP contribution in [0.3, 0.4) is 0 Å². The third kappa shape index (κ3) is 4.70. The normalized spacial score (nSPS) is 10.5. The van der Waals surface area contributed by atoms with Crippen molar-refractivity contribution in [3.8, 4) is 17.0 Å². The summed E-state index contributed by atoms with van der Waals surface area (Å²) in [6.45, 7) is 0.224. The topological polar surface area (TPSA) is 108 Å². The molecule has 2 heterocycles. The summed E-state index contributed by atoms with van der Waals surface area (Å²) in [5.74, 6) is 0.328. The number of aromatic nitrogens is 4. The summed E-state index contributed by atoms with van der Waals surface area (Å²) >= 11 is 0. The second-order valence-electron chi connectivity index (χ2n) is 5.88. The molecular formula is C19H19N5O4. The molecule has 0 saturated heterocycles. The average molecular weight is 381 g/mol. The summed E-state index contributed by atoms with van der Waals surface area (Å²) in [6, 6.07) is 13.1. The van der Waals surface area contributed by atoms with E-state index in [4.69, 9.17) is 4.74 Å². The highest BCUT2D eigenvalue weighted by atomic mass is 16.5. The van der Waals surface area contributed by atoms with E-state index in [9.17, 15) is 14.4 Å². The number of carbonyl (C=O) groups excluding carboxylic acids is 1. The maximum Gasteiger partial charge on any atom is 0.267 e. The van der Waals surface area contributed by atoms with Gasteiger partial charge in [0.25, 0.3) is 11.1 Å². The van der Waals surface area contributed by atoms with Crippen molar-refractivity contribution in [1.82, 2.24) is 24.9 Å². The molecule has 0 radical (unpaired) electrons. The second-order valence-corrected chi connectivity index (χ2v) is 5.88. The van der Waals surface area contributed by atoms with Crippen molar-refractivity contribution >= 4 is 5.91 Å². The molecule has 0 unspecified atom stereocenters. The number of benzene rings is 1. The maximum absolute atomic E-state index is 12.1. The van der Waals surface area contributed by atoms with Gasteiger partial charge in [0, 0.05) is 30.4 Å². The number of nitrogens with one attached hydrogen (secondary N) is 1. The SMILES string of the molecule is COc1ccc(-c2ccc(=O)n(CC(=O)NCCn3ncccc3=O)n2)cc1. The molecule has 9 nitrogen and oxygen atoms in total. The Morgan fingerprint density at radius 1 is 1.04 bits per heavy atom. The summed E-state index contributed by atoms with van der Waals surface area (Å²) in [4.78, 5) is 35.7. The Morgan fingerprint density at radius 3 is 2.50 bits per heavy atom. The van der Waals surface area contributed by atoms with Gasteiger partial charge in [-0.15, -0.1) is 0 Å². The summed E-state index contributed by atoms with van der Waals surface area (Å²) in [6.07, 6.45) is 1.50. The molecule has 0 bridgehead atoms. The van der Waals surface area contributed by atoms with E-state index in [1.807, 2.05) is 12.1 Å². The van der Waals surface area contributed by atoms with Gasteiger partial charge < -0.3 is 10.1 Å². The second kappa shape index (κ2) is 8.76. The number of hydrogen-bond acceptors (Lipinski definition) is 6. The lowest BCUT2D eigenvalue weighted by atomic mass is 10.1. The van der Waals surface area contributed by atoms with Crippen LogP contribution in [-0.4, -0.2) is 39.1 Å². The van der Waals surface area contributed by atoms with E-state index in [1.54, 1.807) is 31.4 Å². The molecule has 0 saturated carbocycles. The molecule has 1 aromatic carbocycles. The fourth-order valence-electron chi connectivity index (χ4n) is 2.53. The van der Waals surface area contributed by atoms with Crippen molar-refractivity contribution in [2.75, 3.05) is 13.7 Å². The largest absolute Gasteiger partial charge is 0.497 e. The predicted molar refractivity (Wildman–Crippen MR) is 102 cm³/mol. The lowest BCUT2D eigenvalue weighted by molar-refractivity contribution is -0.121. The standard InChI is InChI=1S/C19H19N5O4/c1-28-15-6-4-14(5-7-15)16-8-9-19(27)24(22-16)13-17(25)20-11-12-23-18(26)3-2-10-21-23/h2-10H,11-13H2,1H3,(H,20,25). The lowest BCUT2D eigenvalue weighted by Gasteiger charge is -2.09. The molecule has 1 amide bonds. The van der Waals surface area contributed by atoms with Crippen molar-refractivity contribution in [3.05, 3.63) is 75.4 Å². The predicted octanol–water partition coefficient (Wildman–Crippen LogP) is 0.292. The van der Waals surface area contributed by atoms with Crippen LogP contribution in [0.4, 0.5) is 0 Å². The van der Waals surface area contributed by atoms with Crippen LogP contribution >= 0.6 is 0 Å². The van der Waals surface area contributed by atoms with Crippen molar-refractivity contribution in [1.29, 1.82) is 0 Å². The third-order valence-corrected chi connectivity index (χ3v) is 3.98. The van der Waals surface area contributed by atoms with Gasteiger partial charge in [-0.05, 0) is 36.4 Å². The Kier molecular flexibility index (Phi) is 5.95. The zero-order chi connectivity index (χ0) is 19.9. The summed E-state index contributed by atoms with van der Waals surface area (Å²) < 4.78 is 7.47. The Balaban J connectivity index is 1.64. The molecule has 3 aromatic rings. The quantitative estimate of drug-likeness (QED) is 0.630. The van der Waals surface area contributed by atoms with E-state index >= 15 is 0 Å². The number of ether oxygens (including phenoxy) is 1. The first-order valence-corrected chi connectivity index (χ1v) is 8.58. The van der Waals surface area contributed by atoms with Crippen molar-refractivity contribution in [2.24, 2.45) is 0 Å². The van der Waals surface area contributed by atoms with Crippen molar-refractivity contribution in [3.63, 3.8) is 0 Å². The highest BCUT2D eigenvalue weighted by molar-refractivity contribution is 5.75. The van der Waals surface area contributed by atoms with Gasteiger partial charge in [-0.3, -0.25) is 14.4 Å². The number of nitrogens with zero attached hydrogens (tertiary/aromatic N) is 4. The third-order valence-electron chi connectivity index (χ3n) is 3.98. The van der Waals surface area contributed by atoms with Crippen LogP contribution in [0.5, 0.6) is 5.75 Å². The molecule has 144 valence electrons. The highest BCUT2D eigenvalue weighted by Crippen LogP contribution is 2.19. The van der Waals surface area contributed by atoms with Gasteiger partial charge in [-0.25, -0.2) is 9.36 Å². The van der Waals surface area contributed by atoms with Gasteiger partial charge in [-0.2, -0.15) is 10.2 Å². The minimum Gasteiger partial charge on any atom is -0.497 e. The Morgan fingerprint density at radius 2 is 1.79 bits per heavy atom. The van der Waals surface area contributed by atoms with Gasteiger partial charge in [0.05, 0.1) is 19.3 Å². The van der Waals surface area contributed by atoms with Gasteiger partial charge >= 0.3 is 0 Å². The van der Waals surface area contributed by atoms with Gasteiger partial charge in [0.1, 0.15) is 12.3 Å². The molecule has 0 atom stereocenters. The molecule has 0 fully saturated rings. The minimum atomic E-state index is -0.384. The van der Waals surface area contributed by atoms with Crippen LogP contribution in [-0.2, 0) is 17.9 Å². The molecule has 1 N–H and O–H groups in total. The Bertz CT molecular complexity index is 1070. The number of amides is 1. The van der Waals surface area contributed by atoms with E-state index in [2.05, 4.69) is 15.5 Å². The number of methoxy groups -OCH3 is 1. The zero-order valence-electron chi connectivity index (χ0n) is 15.2. The lowest BCUT2D eigenvalue weighted by Crippen LogP contribution is -2.36. The van der Waals surface area contributed by atoms with Crippen LogP contribution in [0.25, 0.3) is 11.3 Å². The Hall–Kier alpha value is -3.75. The number of rotatable bonds is 7. The fourth-order valence-corrected chi connectivity index (χ4v) is 2.53. The van der Waals surface area contributed by atoms with Crippen molar-refractivity contribution in [2.45, 2.75) is 13.1 Å². The molecule has 0 aliphatic rings. The fraction of sp³-hybridized carbons (Fsp3) is 0.211. The smallest absolute Gasteiger partial charge is 0.267 e. The first-order valence-electron chi connectivity index (χ1n) is 8.58. The van der Waals surface area contributed by atoms with E-state index in [-0.39, 0.29) is 36.7 Å². The maximum atomic E-state index is 12.1. The van der Waals surface area contributed by atoms with Gasteiger partial charge in [0.15, 0.2) is 0 Å². The van der Waals surface area contributed by atoms with Crippen molar-refractivity contribution < 1.29 is 9.53 Å². The Labute approximate surface area is 160 Å². The highest BCUT2D eigenvalue weighted by Gasteiger charge is 2.08. The van der Waals surface area contributed by atoms with E-state index < -0.39 is 0 Å². The molecule has 28 heavy (non-hydrogen) atoms. The molecule has 0 spiro atoms. The number of hydrogen-bond donors (Lipinski definition) is 1. The first-order chi connectivity index (χ1) is 13.6. The molecule has 2 aromatic heterocycles. The monoisotopic (exact) mass is 381 g/mol. The van der Waals surface area contributed by atoms with Crippen LogP contribution in [0, 0.1) is 0 Å².